The summed E-state index contributed by atoms with van der Waals surface area (Å²) in [5.41, 5.74) is 6.43. The molecule has 5 aromatic heterocycles. The third-order valence-electron chi connectivity index (χ3n) is 9.17. The first-order valence-corrected chi connectivity index (χ1v) is 14.2. The van der Waals surface area contributed by atoms with E-state index in [2.05, 4.69) is 60.6 Å². The minimum Gasteiger partial charge on any atom is -0.481 e. The lowest BCUT2D eigenvalue weighted by molar-refractivity contribution is 0.167. The van der Waals surface area contributed by atoms with E-state index in [-0.39, 0.29) is 5.54 Å². The first-order valence-electron chi connectivity index (χ1n) is 14.2. The van der Waals surface area contributed by atoms with Crippen molar-refractivity contribution in [2.24, 2.45) is 7.05 Å². The smallest absolute Gasteiger partial charge is 0.212 e. The second-order valence-corrected chi connectivity index (χ2v) is 11.5. The normalized spacial score (nSPS) is 23.0. The van der Waals surface area contributed by atoms with Crippen LogP contribution in [0.3, 0.4) is 0 Å². The van der Waals surface area contributed by atoms with Gasteiger partial charge in [-0.1, -0.05) is 6.07 Å². The Kier molecular flexibility index (Phi) is 5.57. The Labute approximate surface area is 243 Å². The molecule has 42 heavy (non-hydrogen) atoms. The quantitative estimate of drug-likeness (QED) is 0.336. The molecule has 11 nitrogen and oxygen atoms in total. The molecule has 3 aliphatic heterocycles. The predicted octanol–water partition coefficient (Wildman–Crippen LogP) is 2.88. The summed E-state index contributed by atoms with van der Waals surface area (Å²) < 4.78 is 8.79. The maximum atomic E-state index is 9.79. The van der Waals surface area contributed by atoms with Gasteiger partial charge in [-0.05, 0) is 36.7 Å². The van der Waals surface area contributed by atoms with Crippen molar-refractivity contribution >= 4 is 11.3 Å². The number of hydrogen-bond acceptors (Lipinski definition) is 9. The molecule has 3 atom stereocenters. The highest BCUT2D eigenvalue weighted by Gasteiger charge is 2.63. The fourth-order valence-electron chi connectivity index (χ4n) is 7.01. The number of aryl methyl sites for hydroxylation is 1. The van der Waals surface area contributed by atoms with Crippen LogP contribution < -0.4 is 15.0 Å². The van der Waals surface area contributed by atoms with Gasteiger partial charge in [0.25, 0.3) is 0 Å². The SMILES string of the molecule is COc1ccc(CN2CC3(CCN3)[C@H]3[C@@H]2CN3c2ccc(-c3cc(-c4cnn(C)c4)cn4ncc(C#N)c34)cn2)cn1. The van der Waals surface area contributed by atoms with Gasteiger partial charge in [0.15, 0.2) is 0 Å². The summed E-state index contributed by atoms with van der Waals surface area (Å²) in [5, 5.41) is 22.4. The zero-order chi connectivity index (χ0) is 28.4. The van der Waals surface area contributed by atoms with Gasteiger partial charge in [0.2, 0.25) is 5.88 Å². The zero-order valence-corrected chi connectivity index (χ0v) is 23.5. The highest BCUT2D eigenvalue weighted by atomic mass is 16.5. The number of ether oxygens (including phenoxy) is 1. The van der Waals surface area contributed by atoms with E-state index in [9.17, 15) is 5.26 Å². The largest absolute Gasteiger partial charge is 0.481 e. The summed E-state index contributed by atoms with van der Waals surface area (Å²) in [6, 6.07) is 13.5. The van der Waals surface area contributed by atoms with Gasteiger partial charge in [0.05, 0.1) is 42.2 Å². The van der Waals surface area contributed by atoms with Crippen LogP contribution in [-0.2, 0) is 13.6 Å². The Bertz CT molecular complexity index is 1830. The van der Waals surface area contributed by atoms with Gasteiger partial charge in [0, 0.05) is 85.8 Å². The molecule has 3 saturated heterocycles. The third kappa shape index (κ3) is 3.79. The van der Waals surface area contributed by atoms with Gasteiger partial charge in [-0.3, -0.25) is 9.58 Å². The van der Waals surface area contributed by atoms with Crippen molar-refractivity contribution in [1.29, 1.82) is 5.26 Å². The highest BCUT2D eigenvalue weighted by Crippen LogP contribution is 2.46. The van der Waals surface area contributed by atoms with Crippen LogP contribution in [0.1, 0.15) is 17.5 Å². The maximum Gasteiger partial charge on any atom is 0.212 e. The van der Waals surface area contributed by atoms with Crippen molar-refractivity contribution in [1.82, 2.24) is 39.6 Å². The molecule has 1 spiro atoms. The molecule has 8 rings (SSSR count). The lowest BCUT2D eigenvalue weighted by Gasteiger charge is -2.56. The number of nitriles is 1. The van der Waals surface area contributed by atoms with E-state index in [0.717, 1.165) is 66.2 Å². The molecule has 0 radical (unpaired) electrons. The second kappa shape index (κ2) is 9.37. The Morgan fingerprint density at radius 1 is 1.05 bits per heavy atom. The average molecular weight is 559 g/mol. The summed E-state index contributed by atoms with van der Waals surface area (Å²) in [6.45, 7) is 3.88. The van der Waals surface area contributed by atoms with E-state index in [1.54, 1.807) is 22.5 Å². The number of hydrogen-bond donors (Lipinski definition) is 1. The van der Waals surface area contributed by atoms with E-state index >= 15 is 0 Å². The molecule has 3 fully saturated rings. The van der Waals surface area contributed by atoms with Gasteiger partial charge in [-0.2, -0.15) is 15.5 Å². The van der Waals surface area contributed by atoms with Crippen LogP contribution in [0.15, 0.2) is 67.5 Å². The topological polar surface area (TPSA) is 112 Å². The number of fused-ring (bicyclic) bond motifs is 3. The van der Waals surface area contributed by atoms with E-state index in [1.165, 1.54) is 5.56 Å². The number of rotatable bonds is 6. The number of pyridine rings is 3. The van der Waals surface area contributed by atoms with E-state index in [1.807, 2.05) is 44.1 Å². The Morgan fingerprint density at radius 2 is 1.95 bits per heavy atom. The van der Waals surface area contributed by atoms with Crippen LogP contribution in [0.2, 0.25) is 0 Å². The summed E-state index contributed by atoms with van der Waals surface area (Å²) in [4.78, 5) is 14.4. The lowest BCUT2D eigenvalue weighted by Crippen LogP contribution is -2.75. The van der Waals surface area contributed by atoms with Crippen molar-refractivity contribution in [3.05, 3.63) is 78.6 Å². The fraction of sp³-hybridized carbons (Fsp3) is 0.323. The summed E-state index contributed by atoms with van der Waals surface area (Å²) in [7, 11) is 3.54. The predicted molar refractivity (Wildman–Crippen MR) is 157 cm³/mol. The van der Waals surface area contributed by atoms with Gasteiger partial charge >= 0.3 is 0 Å². The monoisotopic (exact) mass is 558 g/mol. The van der Waals surface area contributed by atoms with Gasteiger partial charge in [-0.25, -0.2) is 14.5 Å². The highest BCUT2D eigenvalue weighted by molar-refractivity contribution is 5.87. The number of anilines is 1. The van der Waals surface area contributed by atoms with Crippen molar-refractivity contribution in [2.45, 2.75) is 30.6 Å². The van der Waals surface area contributed by atoms with Crippen LogP contribution in [0, 0.1) is 11.3 Å². The number of aromatic nitrogens is 6. The molecule has 0 bridgehead atoms. The van der Waals surface area contributed by atoms with Crippen LogP contribution >= 0.6 is 0 Å². The van der Waals surface area contributed by atoms with Crippen LogP contribution in [0.5, 0.6) is 5.88 Å². The molecule has 210 valence electrons. The first-order chi connectivity index (χ1) is 20.5. The molecule has 0 aromatic carbocycles. The summed E-state index contributed by atoms with van der Waals surface area (Å²) >= 11 is 0. The second-order valence-electron chi connectivity index (χ2n) is 11.5. The summed E-state index contributed by atoms with van der Waals surface area (Å²) in [5.74, 6) is 1.62. The van der Waals surface area contributed by atoms with E-state index in [4.69, 9.17) is 9.72 Å². The Hall–Kier alpha value is -4.79. The Morgan fingerprint density at radius 3 is 2.62 bits per heavy atom. The molecule has 3 aliphatic rings. The van der Waals surface area contributed by atoms with Gasteiger partial charge in [-0.15, -0.1) is 0 Å². The minimum atomic E-state index is 0.0900. The molecule has 0 amide bonds. The summed E-state index contributed by atoms with van der Waals surface area (Å²) in [6.07, 6.45) is 12.4. The number of methoxy groups -OCH3 is 1. The van der Waals surface area contributed by atoms with Gasteiger partial charge in [0.1, 0.15) is 11.9 Å². The van der Waals surface area contributed by atoms with Crippen molar-refractivity contribution in [3.8, 4) is 34.2 Å². The molecule has 11 heteroatoms. The Balaban J connectivity index is 1.08. The van der Waals surface area contributed by atoms with Crippen molar-refractivity contribution in [3.63, 3.8) is 0 Å². The lowest BCUT2D eigenvalue weighted by atomic mass is 9.76. The molecule has 1 unspecified atom stereocenters. The molecule has 0 saturated carbocycles. The first kappa shape index (κ1) is 25.0. The molecule has 8 heterocycles. The van der Waals surface area contributed by atoms with Gasteiger partial charge < -0.3 is 15.0 Å². The van der Waals surface area contributed by atoms with Crippen LogP contribution in [0.25, 0.3) is 27.8 Å². The number of nitrogens with zero attached hydrogens (tertiary/aromatic N) is 9. The molecular formula is C31H30N10O. The van der Waals surface area contributed by atoms with E-state index < -0.39 is 0 Å². The number of nitrogens with one attached hydrogen (secondary N) is 1. The average Bonchev–Trinajstić information content (AvgIpc) is 3.67. The molecule has 1 N–H and O–H groups in total. The maximum absolute atomic E-state index is 9.79. The van der Waals surface area contributed by atoms with Crippen molar-refractivity contribution in [2.75, 3.05) is 31.6 Å². The van der Waals surface area contributed by atoms with E-state index in [0.29, 0.717) is 23.5 Å². The van der Waals surface area contributed by atoms with Crippen LogP contribution in [-0.4, -0.2) is 78.6 Å². The van der Waals surface area contributed by atoms with Crippen LogP contribution in [0.4, 0.5) is 5.82 Å². The number of likely N-dealkylation sites (tertiary alicyclic amines) is 1. The van der Waals surface area contributed by atoms with Crippen molar-refractivity contribution < 1.29 is 4.74 Å². The molecular weight excluding hydrogens is 528 g/mol. The molecule has 0 aliphatic carbocycles. The zero-order valence-electron chi connectivity index (χ0n) is 23.5. The molecule has 5 aromatic rings. The minimum absolute atomic E-state index is 0.0900. The standard InChI is InChI=1S/C31H30N10O/c1-38-16-24(14-36-38)22-9-25(29-23(10-32)13-37-41(29)17-22)21-4-5-27(33-12-21)40-18-26-30(40)31(7-8-35-31)19-39(26)15-20-3-6-28(42-2)34-11-20/h3-6,9,11-14,16-17,26,30,35H,7-8,15,18-19H2,1-2H3/t26-,30+,31?/m0/s1. The fourth-order valence-corrected chi connectivity index (χ4v) is 7.01. The third-order valence-corrected chi connectivity index (χ3v) is 9.17.